The third kappa shape index (κ3) is 30.3. The zero-order valence-corrected chi connectivity index (χ0v) is 21.3. The topological polar surface area (TPSA) is 192 Å². The van der Waals surface area contributed by atoms with Crippen LogP contribution in [0.3, 0.4) is 0 Å². The van der Waals surface area contributed by atoms with E-state index in [4.69, 9.17) is 31.8 Å². The molecule has 0 saturated carbocycles. The van der Waals surface area contributed by atoms with Crippen molar-refractivity contribution in [2.24, 2.45) is 17.2 Å². The number of hydrogen-bond acceptors (Lipinski definition) is 8. The number of halogens is 1. The first-order valence-electron chi connectivity index (χ1n) is 10.00. The number of rotatable bonds is 8. The van der Waals surface area contributed by atoms with Crippen molar-refractivity contribution >= 4 is 30.4 Å². The van der Waals surface area contributed by atoms with Crippen LogP contribution in [0.4, 0.5) is 4.79 Å². The fourth-order valence-corrected chi connectivity index (χ4v) is 1.21. The number of amides is 2. The number of nitrogens with one attached hydrogen (secondary N) is 2. The van der Waals surface area contributed by atoms with Crippen molar-refractivity contribution in [3.05, 3.63) is 12.3 Å². The van der Waals surface area contributed by atoms with E-state index in [0.717, 1.165) is 13.0 Å². The Morgan fingerprint density at radius 3 is 1.81 bits per heavy atom. The quantitative estimate of drug-likeness (QED) is 0.215. The smallest absolute Gasteiger partial charge is 0.351 e. The SMILES string of the molecule is C=C(NC(=O)NCCN)C(=O)O.CC(C)(C)OC[C@H](N)C(=O)OC(C)(C)C.CCCN.Cl. The summed E-state index contributed by atoms with van der Waals surface area (Å²) in [7, 11) is 0. The van der Waals surface area contributed by atoms with E-state index >= 15 is 0 Å². The molecule has 0 aliphatic heterocycles. The Kier molecular flexibility index (Phi) is 23.1. The van der Waals surface area contributed by atoms with E-state index in [9.17, 15) is 14.4 Å². The molecule has 0 unspecified atom stereocenters. The van der Waals surface area contributed by atoms with Crippen LogP contribution in [0.15, 0.2) is 12.3 Å². The second kappa shape index (κ2) is 19.7. The monoisotopic (exact) mass is 485 g/mol. The molecule has 0 spiro atoms. The predicted octanol–water partition coefficient (Wildman–Crippen LogP) is 1.09. The number of carboxylic acids is 1. The zero-order valence-electron chi connectivity index (χ0n) is 20.4. The highest BCUT2D eigenvalue weighted by Crippen LogP contribution is 2.10. The summed E-state index contributed by atoms with van der Waals surface area (Å²) in [5.74, 6) is -1.69. The molecule has 12 heteroatoms. The first-order valence-corrected chi connectivity index (χ1v) is 10.00. The number of carbonyl (C=O) groups is 3. The van der Waals surface area contributed by atoms with Gasteiger partial charge in [0.05, 0.1) is 12.2 Å². The molecule has 192 valence electrons. The summed E-state index contributed by atoms with van der Waals surface area (Å²) in [6.07, 6.45) is 1.10. The normalized spacial score (nSPS) is 11.2. The van der Waals surface area contributed by atoms with Crippen LogP contribution in [0, 0.1) is 0 Å². The number of urea groups is 1. The Balaban J connectivity index is -0.000000207. The first-order chi connectivity index (χ1) is 14.0. The van der Waals surface area contributed by atoms with E-state index in [-0.39, 0.29) is 30.3 Å². The van der Waals surface area contributed by atoms with Gasteiger partial charge in [0.1, 0.15) is 17.3 Å². The highest BCUT2D eigenvalue weighted by molar-refractivity contribution is 5.91. The Morgan fingerprint density at radius 2 is 1.50 bits per heavy atom. The zero-order chi connectivity index (χ0) is 25.3. The third-order valence-corrected chi connectivity index (χ3v) is 2.65. The maximum atomic E-state index is 11.4. The Labute approximate surface area is 198 Å². The van der Waals surface area contributed by atoms with Gasteiger partial charge in [-0.25, -0.2) is 9.59 Å². The van der Waals surface area contributed by atoms with E-state index in [1.165, 1.54) is 0 Å². The molecule has 0 aromatic heterocycles. The van der Waals surface area contributed by atoms with Crippen LogP contribution in [-0.2, 0) is 19.1 Å². The second-order valence-electron chi connectivity index (χ2n) is 8.31. The van der Waals surface area contributed by atoms with Crippen LogP contribution in [0.1, 0.15) is 54.9 Å². The molecular weight excluding hydrogens is 442 g/mol. The molecule has 11 nitrogen and oxygen atoms in total. The molecule has 9 N–H and O–H groups in total. The third-order valence-electron chi connectivity index (χ3n) is 2.65. The molecule has 0 fully saturated rings. The van der Waals surface area contributed by atoms with Crippen LogP contribution in [0.5, 0.6) is 0 Å². The molecule has 0 aromatic rings. The van der Waals surface area contributed by atoms with Crippen molar-refractivity contribution < 1.29 is 29.0 Å². The average molecular weight is 486 g/mol. The van der Waals surface area contributed by atoms with Crippen LogP contribution in [0.25, 0.3) is 0 Å². The van der Waals surface area contributed by atoms with Gasteiger partial charge in [-0.1, -0.05) is 13.5 Å². The lowest BCUT2D eigenvalue weighted by atomic mass is 10.2. The lowest BCUT2D eigenvalue weighted by Gasteiger charge is -2.25. The van der Waals surface area contributed by atoms with Crippen molar-refractivity contribution in [2.75, 3.05) is 26.2 Å². The number of ether oxygens (including phenoxy) is 2. The molecule has 0 aliphatic rings. The van der Waals surface area contributed by atoms with Crippen LogP contribution in [-0.4, -0.2) is 66.6 Å². The average Bonchev–Trinajstić information content (AvgIpc) is 2.62. The van der Waals surface area contributed by atoms with Crippen molar-refractivity contribution in [3.63, 3.8) is 0 Å². The van der Waals surface area contributed by atoms with E-state index in [0.29, 0.717) is 13.1 Å². The number of carboxylic acid groups (broad SMARTS) is 1. The summed E-state index contributed by atoms with van der Waals surface area (Å²) in [5.41, 5.74) is 14.6. The molecule has 0 heterocycles. The molecule has 0 aliphatic carbocycles. The van der Waals surface area contributed by atoms with E-state index in [1.54, 1.807) is 0 Å². The molecule has 0 radical (unpaired) electrons. The summed E-state index contributed by atoms with van der Waals surface area (Å²) in [4.78, 5) is 32.3. The number of aliphatic carboxylic acids is 1. The molecule has 0 aromatic carbocycles. The minimum absolute atomic E-state index is 0. The maximum Gasteiger partial charge on any atom is 0.351 e. The standard InChI is InChI=1S/C11H23NO3.C6H11N3O3.C3H9N.ClH/c1-10(2,3)14-7-8(12)9(13)15-11(4,5)6;1-4(5(10)11)9-6(12)8-3-2-7;1-2-3-4;/h8H,7,12H2,1-6H3;1-3,7H2,(H,10,11)(H2,8,9,12);2-4H2,1H3;1H/t8-;;;/m0.../s1. The van der Waals surface area contributed by atoms with Crippen molar-refractivity contribution in [1.29, 1.82) is 0 Å². The molecule has 0 bridgehead atoms. The van der Waals surface area contributed by atoms with Crippen LogP contribution in [0.2, 0.25) is 0 Å². The summed E-state index contributed by atoms with van der Waals surface area (Å²) in [6.45, 7) is 17.9. The minimum Gasteiger partial charge on any atom is -0.477 e. The van der Waals surface area contributed by atoms with Gasteiger partial charge in [-0.3, -0.25) is 4.79 Å². The van der Waals surface area contributed by atoms with Crippen molar-refractivity contribution in [3.8, 4) is 0 Å². The molecule has 32 heavy (non-hydrogen) atoms. The van der Waals surface area contributed by atoms with Gasteiger partial charge < -0.3 is 42.4 Å². The van der Waals surface area contributed by atoms with Crippen molar-refractivity contribution in [2.45, 2.75) is 72.1 Å². The molecule has 2 amide bonds. The predicted molar refractivity (Wildman–Crippen MR) is 128 cm³/mol. The Morgan fingerprint density at radius 1 is 1.03 bits per heavy atom. The van der Waals surface area contributed by atoms with Gasteiger partial charge in [-0.15, -0.1) is 12.4 Å². The van der Waals surface area contributed by atoms with Gasteiger partial charge in [-0.05, 0) is 54.5 Å². The van der Waals surface area contributed by atoms with Gasteiger partial charge in [0, 0.05) is 13.1 Å². The van der Waals surface area contributed by atoms with Crippen LogP contribution >= 0.6 is 12.4 Å². The van der Waals surface area contributed by atoms with Crippen LogP contribution < -0.4 is 27.8 Å². The lowest BCUT2D eigenvalue weighted by Crippen LogP contribution is -2.42. The number of carbonyl (C=O) groups excluding carboxylic acids is 2. The Bertz CT molecular complexity index is 546. The summed E-state index contributed by atoms with van der Waals surface area (Å²) < 4.78 is 10.5. The molecular formula is C20H44ClN5O6. The fourth-order valence-electron chi connectivity index (χ4n) is 1.21. The number of esters is 1. The summed E-state index contributed by atoms with van der Waals surface area (Å²) in [6, 6.07) is -1.34. The highest BCUT2D eigenvalue weighted by atomic mass is 35.5. The van der Waals surface area contributed by atoms with E-state index in [2.05, 4.69) is 18.8 Å². The number of hydrogen-bond donors (Lipinski definition) is 6. The maximum absolute atomic E-state index is 11.4. The summed E-state index contributed by atoms with van der Waals surface area (Å²) in [5, 5.41) is 12.6. The van der Waals surface area contributed by atoms with Gasteiger partial charge in [0.2, 0.25) is 0 Å². The van der Waals surface area contributed by atoms with E-state index in [1.807, 2.05) is 46.9 Å². The largest absolute Gasteiger partial charge is 0.477 e. The molecule has 1 atom stereocenters. The molecule has 0 saturated heterocycles. The Hall–Kier alpha value is -1.92. The van der Waals surface area contributed by atoms with Gasteiger partial charge in [0.15, 0.2) is 0 Å². The number of nitrogens with two attached hydrogens (primary N) is 3. The lowest BCUT2D eigenvalue weighted by molar-refractivity contribution is -0.159. The van der Waals surface area contributed by atoms with Gasteiger partial charge >= 0.3 is 18.0 Å². The van der Waals surface area contributed by atoms with Gasteiger partial charge in [-0.2, -0.15) is 0 Å². The highest BCUT2D eigenvalue weighted by Gasteiger charge is 2.23. The van der Waals surface area contributed by atoms with Crippen molar-refractivity contribution in [1.82, 2.24) is 10.6 Å². The van der Waals surface area contributed by atoms with Gasteiger partial charge in [0.25, 0.3) is 0 Å². The minimum atomic E-state index is -1.27. The van der Waals surface area contributed by atoms with E-state index < -0.39 is 29.6 Å². The summed E-state index contributed by atoms with van der Waals surface area (Å²) >= 11 is 0. The molecule has 0 rings (SSSR count). The fraction of sp³-hybridized carbons (Fsp3) is 0.750. The first kappa shape index (κ1) is 37.4. The second-order valence-corrected chi connectivity index (χ2v) is 8.31.